The van der Waals surface area contributed by atoms with E-state index in [4.69, 9.17) is 4.74 Å². The van der Waals surface area contributed by atoms with Gasteiger partial charge < -0.3 is 19.6 Å². The van der Waals surface area contributed by atoms with Crippen LogP contribution in [0.1, 0.15) is 114 Å². The first-order chi connectivity index (χ1) is 24.4. The molecule has 0 saturated carbocycles. The van der Waals surface area contributed by atoms with Crippen molar-refractivity contribution in [3.05, 3.63) is 58.7 Å². The molecular weight excluding hydrogens is 650 g/mol. The molecule has 0 bridgehead atoms. The Morgan fingerprint density at radius 1 is 0.860 bits per heavy atom. The topological polar surface area (TPSA) is 73.3 Å². The molecule has 2 aromatic carbocycles. The highest BCUT2D eigenvalue weighted by atomic mass is 32.1. The highest BCUT2D eigenvalue weighted by molar-refractivity contribution is 7.17. The number of anilines is 2. The minimum absolute atomic E-state index is 0.0344. The van der Waals surface area contributed by atoms with Gasteiger partial charge in [-0.2, -0.15) is 0 Å². The predicted molar refractivity (Wildman–Crippen MR) is 204 cm³/mol. The van der Waals surface area contributed by atoms with E-state index in [1.165, 1.54) is 69.8 Å². The Balaban J connectivity index is 1.06. The zero-order valence-electron chi connectivity index (χ0n) is 30.2. The Morgan fingerprint density at radius 3 is 2.22 bits per heavy atom. The smallest absolute Gasteiger partial charge is 0.450 e. The summed E-state index contributed by atoms with van der Waals surface area (Å²) < 4.78 is 20.6. The summed E-state index contributed by atoms with van der Waals surface area (Å²) in [6, 6.07) is 11.8. The van der Waals surface area contributed by atoms with Crippen LogP contribution in [0.4, 0.5) is 20.6 Å². The first-order valence-corrected chi connectivity index (χ1v) is 20.2. The summed E-state index contributed by atoms with van der Waals surface area (Å²) in [5.41, 5.74) is 4.19. The van der Waals surface area contributed by atoms with E-state index < -0.39 is 12.3 Å². The van der Waals surface area contributed by atoms with Crippen molar-refractivity contribution in [2.24, 2.45) is 0 Å². The van der Waals surface area contributed by atoms with E-state index in [0.717, 1.165) is 85.4 Å². The van der Waals surface area contributed by atoms with Crippen molar-refractivity contribution in [2.45, 2.75) is 122 Å². The van der Waals surface area contributed by atoms with Crippen LogP contribution in [-0.2, 0) is 22.4 Å². The number of hydrogen-bond donors (Lipinski definition) is 1. The van der Waals surface area contributed by atoms with Crippen LogP contribution in [0.3, 0.4) is 0 Å². The van der Waals surface area contributed by atoms with Crippen LogP contribution in [0.15, 0.2) is 41.8 Å². The Hall–Kier alpha value is -3.17. The molecule has 3 heterocycles. The number of piperazine rings is 1. The van der Waals surface area contributed by atoms with E-state index in [9.17, 15) is 19.1 Å². The van der Waals surface area contributed by atoms with Gasteiger partial charge in [0.05, 0.1) is 6.54 Å². The number of rotatable bonds is 21. The normalized spacial score (nSPS) is 15.8. The summed E-state index contributed by atoms with van der Waals surface area (Å²) in [6.07, 6.45) is 17.2. The van der Waals surface area contributed by atoms with E-state index in [0.29, 0.717) is 19.3 Å². The molecule has 3 aromatic rings. The SMILES string of the molecule is CCCCCCCCCCCCCCCC(CN1C(=O)CCc2ccc(CCN3CCN(c4cc(F)cc5sccc45)CC3)cc21)OC(=O)O. The van der Waals surface area contributed by atoms with Gasteiger partial charge in [0.1, 0.15) is 11.9 Å². The van der Waals surface area contributed by atoms with Crippen LogP contribution >= 0.6 is 11.3 Å². The molecule has 2 aliphatic heterocycles. The number of unbranched alkanes of at least 4 members (excludes halogenated alkanes) is 12. The van der Waals surface area contributed by atoms with Crippen LogP contribution < -0.4 is 9.80 Å². The molecule has 9 heteroatoms. The lowest BCUT2D eigenvalue weighted by molar-refractivity contribution is -0.119. The van der Waals surface area contributed by atoms with Gasteiger partial charge in [-0.3, -0.25) is 9.69 Å². The summed E-state index contributed by atoms with van der Waals surface area (Å²) in [6.45, 7) is 6.95. The molecule has 1 amide bonds. The van der Waals surface area contributed by atoms with E-state index in [1.807, 2.05) is 5.38 Å². The van der Waals surface area contributed by atoms with Crippen molar-refractivity contribution < 1.29 is 23.8 Å². The van der Waals surface area contributed by atoms with Gasteiger partial charge in [-0.25, -0.2) is 9.18 Å². The van der Waals surface area contributed by atoms with E-state index in [-0.39, 0.29) is 18.3 Å². The predicted octanol–water partition coefficient (Wildman–Crippen LogP) is 10.2. The zero-order chi connectivity index (χ0) is 35.1. The second-order valence-electron chi connectivity index (χ2n) is 14.3. The molecule has 1 fully saturated rings. The van der Waals surface area contributed by atoms with E-state index >= 15 is 0 Å². The molecule has 1 atom stereocenters. The molecular formula is C41H58FN3O4S. The lowest BCUT2D eigenvalue weighted by atomic mass is 9.97. The van der Waals surface area contributed by atoms with Gasteiger partial charge in [0.15, 0.2) is 0 Å². The summed E-state index contributed by atoms with van der Waals surface area (Å²) in [5, 5.41) is 12.6. The van der Waals surface area contributed by atoms with Gasteiger partial charge >= 0.3 is 6.16 Å². The number of fused-ring (bicyclic) bond motifs is 2. The average Bonchev–Trinajstić information content (AvgIpc) is 3.58. The zero-order valence-corrected chi connectivity index (χ0v) is 31.0. The van der Waals surface area contributed by atoms with Crippen LogP contribution in [0.2, 0.25) is 0 Å². The third-order valence-corrected chi connectivity index (χ3v) is 11.4. The van der Waals surface area contributed by atoms with Crippen molar-refractivity contribution in [3.63, 3.8) is 0 Å². The van der Waals surface area contributed by atoms with Crippen LogP contribution in [0, 0.1) is 5.82 Å². The van der Waals surface area contributed by atoms with Gasteiger partial charge in [-0.05, 0) is 66.5 Å². The Morgan fingerprint density at radius 2 is 1.54 bits per heavy atom. The molecule has 1 aromatic heterocycles. The fourth-order valence-corrected chi connectivity index (χ4v) is 8.47. The second kappa shape index (κ2) is 20.0. The molecule has 1 saturated heterocycles. The molecule has 0 radical (unpaired) electrons. The number of carboxylic acid groups (broad SMARTS) is 1. The lowest BCUT2D eigenvalue weighted by Gasteiger charge is -2.36. The fraction of sp³-hybridized carbons (Fsp3) is 0.610. The Labute approximate surface area is 302 Å². The standard InChI is InChI=1S/C41H58FN3O4S/c1-2-3-4-5-6-7-8-9-10-11-12-13-14-15-35(49-41(47)48)31-45-37-28-32(16-17-33(37)18-19-40(45)46)20-22-43-23-25-44(26-24-43)38-29-34(42)30-39-36(38)21-27-50-39/h16-17,21,27-30,35H,2-15,18-20,22-26,31H2,1H3,(H,47,48). The minimum atomic E-state index is -1.28. The maximum absolute atomic E-state index is 14.3. The molecule has 0 aliphatic carbocycles. The van der Waals surface area contributed by atoms with Gasteiger partial charge in [-0.1, -0.05) is 96.1 Å². The lowest BCUT2D eigenvalue weighted by Crippen LogP contribution is -2.47. The van der Waals surface area contributed by atoms with E-state index in [2.05, 4.69) is 41.0 Å². The number of carbonyl (C=O) groups excluding carboxylic acids is 1. The van der Waals surface area contributed by atoms with Crippen LogP contribution in [0.5, 0.6) is 0 Å². The van der Waals surface area contributed by atoms with Gasteiger partial charge in [0, 0.05) is 60.6 Å². The summed E-state index contributed by atoms with van der Waals surface area (Å²) in [7, 11) is 0. The molecule has 50 heavy (non-hydrogen) atoms. The summed E-state index contributed by atoms with van der Waals surface area (Å²) in [5.74, 6) is -0.148. The summed E-state index contributed by atoms with van der Waals surface area (Å²) >= 11 is 1.58. The largest absolute Gasteiger partial charge is 0.506 e. The quantitative estimate of drug-likeness (QED) is 0.0878. The molecule has 2 aliphatic rings. The Kier molecular flexibility index (Phi) is 15.2. The van der Waals surface area contributed by atoms with Gasteiger partial charge in [0.25, 0.3) is 0 Å². The highest BCUT2D eigenvalue weighted by Gasteiger charge is 2.28. The highest BCUT2D eigenvalue weighted by Crippen LogP contribution is 2.33. The maximum atomic E-state index is 14.3. The molecule has 1 N–H and O–H groups in total. The average molecular weight is 708 g/mol. The van der Waals surface area contributed by atoms with Gasteiger partial charge in [-0.15, -0.1) is 11.3 Å². The van der Waals surface area contributed by atoms with Crippen molar-refractivity contribution in [2.75, 3.05) is 49.1 Å². The van der Waals surface area contributed by atoms with E-state index in [1.54, 1.807) is 28.4 Å². The molecule has 7 nitrogen and oxygen atoms in total. The monoisotopic (exact) mass is 707 g/mol. The van der Waals surface area contributed by atoms with Crippen LogP contribution in [0.25, 0.3) is 10.1 Å². The van der Waals surface area contributed by atoms with Crippen molar-refractivity contribution in [1.82, 2.24) is 4.90 Å². The number of nitrogens with zero attached hydrogens (tertiary/aromatic N) is 3. The van der Waals surface area contributed by atoms with Crippen molar-refractivity contribution >= 4 is 44.9 Å². The third-order valence-electron chi connectivity index (χ3n) is 10.6. The number of thiophene rings is 1. The molecule has 5 rings (SSSR count). The number of amides is 1. The molecule has 0 spiro atoms. The minimum Gasteiger partial charge on any atom is -0.450 e. The number of benzene rings is 2. The Bertz CT molecular complexity index is 1500. The number of ether oxygens (including phenoxy) is 1. The number of hydrogen-bond acceptors (Lipinski definition) is 6. The van der Waals surface area contributed by atoms with Crippen LogP contribution in [-0.4, -0.2) is 67.4 Å². The van der Waals surface area contributed by atoms with Crippen molar-refractivity contribution in [1.29, 1.82) is 0 Å². The molecule has 274 valence electrons. The third kappa shape index (κ3) is 11.4. The molecule has 1 unspecified atom stereocenters. The first-order valence-electron chi connectivity index (χ1n) is 19.4. The number of carbonyl (C=O) groups is 2. The second-order valence-corrected chi connectivity index (χ2v) is 15.3. The number of halogens is 1. The van der Waals surface area contributed by atoms with Crippen molar-refractivity contribution in [3.8, 4) is 0 Å². The fourth-order valence-electron chi connectivity index (χ4n) is 7.64. The summed E-state index contributed by atoms with van der Waals surface area (Å²) in [4.78, 5) is 31.3. The first kappa shape index (κ1) is 38.1. The van der Waals surface area contributed by atoms with Gasteiger partial charge in [0.2, 0.25) is 5.91 Å². The maximum Gasteiger partial charge on any atom is 0.506 e. The number of aryl methyl sites for hydroxylation is 1.